The number of phosphoric acid groups is 1. The number of hydrogen-bond donors (Lipinski definition) is 3. The van der Waals surface area contributed by atoms with Crippen LogP contribution >= 0.6 is 7.82 Å². The SMILES string of the molecule is CCCc1ccc(C(=O)OOP(=O)(O)O)cc1.Cc1ccccc1C(=O)O. The minimum absolute atomic E-state index is 0.165. The summed E-state index contributed by atoms with van der Waals surface area (Å²) in [6.07, 6.45) is 1.89. The van der Waals surface area contributed by atoms with Gasteiger partial charge in [0.15, 0.2) is 0 Å². The van der Waals surface area contributed by atoms with Crippen molar-refractivity contribution in [1.82, 2.24) is 0 Å². The fourth-order valence-corrected chi connectivity index (χ4v) is 2.20. The van der Waals surface area contributed by atoms with Gasteiger partial charge in [0.25, 0.3) is 0 Å². The maximum Gasteiger partial charge on any atom is 0.505 e. The number of carbonyl (C=O) groups is 2. The largest absolute Gasteiger partial charge is 0.505 e. The van der Waals surface area contributed by atoms with Crippen LogP contribution in [0.3, 0.4) is 0 Å². The Labute approximate surface area is 156 Å². The Morgan fingerprint density at radius 2 is 1.63 bits per heavy atom. The van der Waals surface area contributed by atoms with Crippen molar-refractivity contribution < 1.29 is 38.6 Å². The Morgan fingerprint density at radius 3 is 2.07 bits per heavy atom. The number of rotatable bonds is 6. The van der Waals surface area contributed by atoms with Gasteiger partial charge in [0, 0.05) is 0 Å². The molecule has 0 aromatic heterocycles. The molecule has 0 amide bonds. The van der Waals surface area contributed by atoms with Crippen LogP contribution in [0, 0.1) is 6.92 Å². The fraction of sp³-hybridized carbons (Fsp3) is 0.222. The predicted octanol–water partition coefficient (Wildman–Crippen LogP) is 3.51. The van der Waals surface area contributed by atoms with Gasteiger partial charge in [-0.1, -0.05) is 48.4 Å². The third kappa shape index (κ3) is 8.61. The highest BCUT2D eigenvalue weighted by atomic mass is 31.2. The second kappa shape index (κ2) is 10.6. The molecular formula is C18H21O8P. The van der Waals surface area contributed by atoms with Gasteiger partial charge < -0.3 is 14.9 Å². The van der Waals surface area contributed by atoms with Gasteiger partial charge in [0.2, 0.25) is 0 Å². The lowest BCUT2D eigenvalue weighted by atomic mass is 10.1. The van der Waals surface area contributed by atoms with Crippen LogP contribution < -0.4 is 0 Å². The van der Waals surface area contributed by atoms with E-state index in [1.165, 1.54) is 12.1 Å². The van der Waals surface area contributed by atoms with Crippen LogP contribution in [0.1, 0.15) is 45.2 Å². The monoisotopic (exact) mass is 396 g/mol. The summed E-state index contributed by atoms with van der Waals surface area (Å²) < 4.78 is 13.9. The summed E-state index contributed by atoms with van der Waals surface area (Å²) in [5, 5.41) is 8.57. The van der Waals surface area contributed by atoms with E-state index in [2.05, 4.69) is 9.56 Å². The lowest BCUT2D eigenvalue weighted by molar-refractivity contribution is -0.166. The van der Waals surface area contributed by atoms with Crippen molar-refractivity contribution in [1.29, 1.82) is 0 Å². The molecule has 0 atom stereocenters. The summed E-state index contributed by atoms with van der Waals surface area (Å²) in [6.45, 7) is 3.82. The van der Waals surface area contributed by atoms with Gasteiger partial charge in [0.1, 0.15) is 0 Å². The maximum absolute atomic E-state index is 11.3. The topological polar surface area (TPSA) is 130 Å². The molecule has 0 spiro atoms. The Morgan fingerprint density at radius 1 is 1.04 bits per heavy atom. The zero-order chi connectivity index (χ0) is 20.4. The van der Waals surface area contributed by atoms with Gasteiger partial charge >= 0.3 is 19.8 Å². The van der Waals surface area contributed by atoms with E-state index in [0.717, 1.165) is 24.0 Å². The van der Waals surface area contributed by atoms with E-state index >= 15 is 0 Å². The van der Waals surface area contributed by atoms with Crippen molar-refractivity contribution in [2.24, 2.45) is 0 Å². The third-order valence-electron chi connectivity index (χ3n) is 3.31. The van der Waals surface area contributed by atoms with Crippen LogP contribution in [0.2, 0.25) is 0 Å². The summed E-state index contributed by atoms with van der Waals surface area (Å²) in [5.41, 5.74) is 2.41. The summed E-state index contributed by atoms with van der Waals surface area (Å²) in [5.74, 6) is -1.81. The molecule has 0 unspecified atom stereocenters. The first-order valence-corrected chi connectivity index (χ1v) is 9.51. The lowest BCUT2D eigenvalue weighted by Gasteiger charge is -2.04. The second-order valence-electron chi connectivity index (χ2n) is 5.50. The van der Waals surface area contributed by atoms with Crippen molar-refractivity contribution in [2.75, 3.05) is 0 Å². The van der Waals surface area contributed by atoms with Crippen LogP contribution in [0.4, 0.5) is 0 Å². The van der Waals surface area contributed by atoms with Gasteiger partial charge in [-0.2, -0.15) is 0 Å². The van der Waals surface area contributed by atoms with Crippen molar-refractivity contribution in [3.8, 4) is 0 Å². The first-order chi connectivity index (χ1) is 12.6. The molecule has 146 valence electrons. The normalized spacial score (nSPS) is 10.5. The van der Waals surface area contributed by atoms with Gasteiger partial charge in [-0.15, -0.1) is 0 Å². The molecule has 0 saturated heterocycles. The summed E-state index contributed by atoms with van der Waals surface area (Å²) >= 11 is 0. The van der Waals surface area contributed by atoms with E-state index in [9.17, 15) is 14.2 Å². The molecule has 2 rings (SSSR count). The summed E-state index contributed by atoms with van der Waals surface area (Å²) in [4.78, 5) is 42.4. The second-order valence-corrected chi connectivity index (χ2v) is 6.63. The Balaban J connectivity index is 0.000000309. The molecule has 0 aliphatic heterocycles. The van der Waals surface area contributed by atoms with E-state index < -0.39 is 19.8 Å². The Hall–Kier alpha value is -2.51. The van der Waals surface area contributed by atoms with Crippen molar-refractivity contribution in [2.45, 2.75) is 26.7 Å². The molecule has 3 N–H and O–H groups in total. The molecule has 2 aromatic rings. The van der Waals surface area contributed by atoms with Crippen LogP contribution in [-0.4, -0.2) is 26.8 Å². The average Bonchev–Trinajstić information content (AvgIpc) is 2.61. The average molecular weight is 396 g/mol. The molecule has 8 nitrogen and oxygen atoms in total. The van der Waals surface area contributed by atoms with Crippen LogP contribution in [0.5, 0.6) is 0 Å². The number of benzene rings is 2. The van der Waals surface area contributed by atoms with Gasteiger partial charge in [0.05, 0.1) is 11.1 Å². The van der Waals surface area contributed by atoms with Gasteiger partial charge in [-0.3, -0.25) is 4.89 Å². The minimum atomic E-state index is -4.80. The highest BCUT2D eigenvalue weighted by Crippen LogP contribution is 2.36. The number of carboxylic acid groups (broad SMARTS) is 1. The molecule has 0 aliphatic carbocycles. The molecule has 2 aromatic carbocycles. The molecule has 0 aliphatic rings. The lowest BCUT2D eigenvalue weighted by Crippen LogP contribution is -2.05. The standard InChI is InChI=1S/C10H13O6P.C8H8O2/c1-2-3-8-4-6-9(7-5-8)10(11)15-16-17(12,13)14;1-6-4-2-3-5-7(6)8(9)10/h4-7H,2-3H2,1H3,(H2,12,13,14);2-5H,1H3,(H,9,10). The molecule has 0 fully saturated rings. The highest BCUT2D eigenvalue weighted by Gasteiger charge is 2.19. The number of aromatic carboxylic acids is 1. The van der Waals surface area contributed by atoms with Crippen molar-refractivity contribution in [3.05, 3.63) is 70.8 Å². The van der Waals surface area contributed by atoms with Crippen LogP contribution in [0.25, 0.3) is 0 Å². The number of aryl methyl sites for hydroxylation is 2. The van der Waals surface area contributed by atoms with Crippen molar-refractivity contribution in [3.63, 3.8) is 0 Å². The van der Waals surface area contributed by atoms with E-state index in [1.54, 1.807) is 37.3 Å². The molecular weight excluding hydrogens is 375 g/mol. The zero-order valence-electron chi connectivity index (χ0n) is 14.9. The molecule has 0 saturated carbocycles. The first kappa shape index (κ1) is 22.5. The summed E-state index contributed by atoms with van der Waals surface area (Å²) in [7, 11) is -4.80. The van der Waals surface area contributed by atoms with E-state index in [0.29, 0.717) is 5.56 Å². The van der Waals surface area contributed by atoms with Gasteiger partial charge in [-0.05, 0) is 42.7 Å². The molecule has 0 heterocycles. The number of hydrogen-bond acceptors (Lipinski definition) is 5. The number of carboxylic acids is 1. The zero-order valence-corrected chi connectivity index (χ0v) is 15.8. The Bertz CT molecular complexity index is 810. The van der Waals surface area contributed by atoms with Crippen LogP contribution in [-0.2, 0) is 20.5 Å². The third-order valence-corrected chi connectivity index (χ3v) is 3.58. The fourth-order valence-electron chi connectivity index (χ4n) is 2.04. The maximum atomic E-state index is 11.3. The van der Waals surface area contributed by atoms with E-state index in [-0.39, 0.29) is 5.56 Å². The minimum Gasteiger partial charge on any atom is -0.478 e. The molecule has 9 heteroatoms. The van der Waals surface area contributed by atoms with Crippen molar-refractivity contribution >= 4 is 19.8 Å². The molecule has 0 radical (unpaired) electrons. The summed E-state index contributed by atoms with van der Waals surface area (Å²) in [6, 6.07) is 13.4. The predicted molar refractivity (Wildman–Crippen MR) is 97.1 cm³/mol. The van der Waals surface area contributed by atoms with E-state index in [4.69, 9.17) is 14.9 Å². The van der Waals surface area contributed by atoms with Crippen LogP contribution in [0.15, 0.2) is 48.5 Å². The Kier molecular flexibility index (Phi) is 8.84. The smallest absolute Gasteiger partial charge is 0.478 e. The quantitative estimate of drug-likeness (QED) is 0.384. The molecule has 0 bridgehead atoms. The number of carbonyl (C=O) groups excluding carboxylic acids is 1. The van der Waals surface area contributed by atoms with E-state index in [1.807, 2.05) is 13.0 Å². The molecule has 27 heavy (non-hydrogen) atoms. The first-order valence-electron chi connectivity index (χ1n) is 7.98. The highest BCUT2D eigenvalue weighted by molar-refractivity contribution is 7.46. The van der Waals surface area contributed by atoms with Gasteiger partial charge in [-0.25, -0.2) is 14.2 Å².